The highest BCUT2D eigenvalue weighted by Crippen LogP contribution is 2.38. The number of carboxylic acid groups (broad SMARTS) is 1. The fraction of sp³-hybridized carbons (Fsp3) is 0.769. The first kappa shape index (κ1) is 17.6. The highest BCUT2D eigenvalue weighted by atomic mass is 32.2. The summed E-state index contributed by atoms with van der Waals surface area (Å²) in [7, 11) is 0. The van der Waals surface area contributed by atoms with Crippen LogP contribution in [-0.4, -0.2) is 47.1 Å². The number of hydrogen-bond donors (Lipinski definition) is 4. The first-order valence-electron chi connectivity index (χ1n) is 6.90. The van der Waals surface area contributed by atoms with Crippen LogP contribution in [0.1, 0.15) is 32.6 Å². The van der Waals surface area contributed by atoms with Gasteiger partial charge < -0.3 is 21.5 Å². The molecular formula is C13H23N3O4S. The Morgan fingerprint density at radius 1 is 1.48 bits per heavy atom. The maximum atomic E-state index is 12.3. The van der Waals surface area contributed by atoms with E-state index in [0.29, 0.717) is 25.0 Å². The number of nitrogens with one attached hydrogen (secondary N) is 2. The van der Waals surface area contributed by atoms with Gasteiger partial charge in [0.05, 0.1) is 5.41 Å². The van der Waals surface area contributed by atoms with Gasteiger partial charge in [-0.2, -0.15) is 11.8 Å². The smallest absolute Gasteiger partial charge is 0.312 e. The lowest BCUT2D eigenvalue weighted by molar-refractivity contribution is -0.149. The monoisotopic (exact) mass is 317 g/mol. The highest BCUT2D eigenvalue weighted by molar-refractivity contribution is 7.98. The van der Waals surface area contributed by atoms with Crippen molar-refractivity contribution in [1.82, 2.24) is 10.6 Å². The van der Waals surface area contributed by atoms with Crippen LogP contribution in [0.3, 0.4) is 0 Å². The van der Waals surface area contributed by atoms with Gasteiger partial charge in [0.2, 0.25) is 5.91 Å². The van der Waals surface area contributed by atoms with Gasteiger partial charge in [0.1, 0.15) is 6.04 Å². The Morgan fingerprint density at radius 3 is 2.67 bits per heavy atom. The van der Waals surface area contributed by atoms with Gasteiger partial charge in [-0.1, -0.05) is 6.42 Å². The van der Waals surface area contributed by atoms with E-state index in [1.54, 1.807) is 18.7 Å². The second-order valence-electron chi connectivity index (χ2n) is 5.52. The van der Waals surface area contributed by atoms with E-state index in [9.17, 15) is 19.5 Å². The lowest BCUT2D eigenvalue weighted by atomic mass is 9.85. The lowest BCUT2D eigenvalue weighted by Gasteiger charge is -2.29. The molecule has 1 rings (SSSR count). The fourth-order valence-corrected chi connectivity index (χ4v) is 3.07. The summed E-state index contributed by atoms with van der Waals surface area (Å²) in [4.78, 5) is 34.6. The summed E-state index contributed by atoms with van der Waals surface area (Å²) < 4.78 is 0. The first-order chi connectivity index (χ1) is 9.81. The van der Waals surface area contributed by atoms with Crippen molar-refractivity contribution >= 4 is 29.7 Å². The van der Waals surface area contributed by atoms with E-state index in [0.717, 1.165) is 6.42 Å². The topological polar surface area (TPSA) is 122 Å². The minimum Gasteiger partial charge on any atom is -0.481 e. The third-order valence-corrected chi connectivity index (χ3v) is 4.65. The molecule has 0 aromatic heterocycles. The summed E-state index contributed by atoms with van der Waals surface area (Å²) in [5.41, 5.74) is 4.13. The van der Waals surface area contributed by atoms with Crippen LogP contribution >= 0.6 is 11.8 Å². The summed E-state index contributed by atoms with van der Waals surface area (Å²) in [5, 5.41) is 14.5. The van der Waals surface area contributed by atoms with E-state index < -0.39 is 29.5 Å². The predicted octanol–water partition coefficient (Wildman–Crippen LogP) is 0.536. The van der Waals surface area contributed by atoms with Crippen molar-refractivity contribution in [2.24, 2.45) is 11.1 Å². The molecular weight excluding hydrogens is 294 g/mol. The summed E-state index contributed by atoms with van der Waals surface area (Å²) in [5.74, 6) is -0.588. The fourth-order valence-electron chi connectivity index (χ4n) is 2.60. The number of nitrogens with two attached hydrogens (primary N) is 1. The molecule has 3 unspecified atom stereocenters. The number of carbonyl (C=O) groups excluding carboxylic acids is 2. The number of amides is 3. The molecule has 0 radical (unpaired) electrons. The second-order valence-corrected chi connectivity index (χ2v) is 6.50. The van der Waals surface area contributed by atoms with E-state index in [1.807, 2.05) is 6.26 Å². The molecule has 21 heavy (non-hydrogen) atoms. The lowest BCUT2D eigenvalue weighted by Crippen LogP contribution is -2.54. The molecule has 5 N–H and O–H groups in total. The summed E-state index contributed by atoms with van der Waals surface area (Å²) in [6, 6.07) is -1.91. The van der Waals surface area contributed by atoms with Gasteiger partial charge in [-0.15, -0.1) is 0 Å². The zero-order chi connectivity index (χ0) is 16.0. The maximum absolute atomic E-state index is 12.3. The Morgan fingerprint density at radius 2 is 2.14 bits per heavy atom. The number of carbonyl (C=O) groups is 3. The SMILES string of the molecule is CSCCC(NC(N)=O)C(=O)NC1CCCC1(C)C(=O)O. The third kappa shape index (κ3) is 4.52. The van der Waals surface area contributed by atoms with Gasteiger partial charge >= 0.3 is 12.0 Å². The number of rotatable bonds is 7. The Balaban J connectivity index is 2.71. The number of thioether (sulfide) groups is 1. The quantitative estimate of drug-likeness (QED) is 0.546. The Kier molecular flexibility index (Phi) is 6.32. The van der Waals surface area contributed by atoms with E-state index in [4.69, 9.17) is 5.73 Å². The molecule has 1 aliphatic rings. The number of primary amides is 1. The van der Waals surface area contributed by atoms with Crippen molar-refractivity contribution in [2.45, 2.75) is 44.7 Å². The molecule has 0 aliphatic heterocycles. The Labute approximate surface area is 128 Å². The molecule has 1 aliphatic carbocycles. The molecule has 1 fully saturated rings. The highest BCUT2D eigenvalue weighted by Gasteiger charge is 2.46. The van der Waals surface area contributed by atoms with Crippen LogP contribution in [0, 0.1) is 5.41 Å². The van der Waals surface area contributed by atoms with Crippen molar-refractivity contribution in [3.05, 3.63) is 0 Å². The molecule has 3 atom stereocenters. The van der Waals surface area contributed by atoms with E-state index in [2.05, 4.69) is 10.6 Å². The van der Waals surface area contributed by atoms with E-state index in [-0.39, 0.29) is 5.91 Å². The minimum absolute atomic E-state index is 0.373. The number of urea groups is 1. The molecule has 0 heterocycles. The summed E-state index contributed by atoms with van der Waals surface area (Å²) in [6.07, 6.45) is 4.27. The van der Waals surface area contributed by atoms with Crippen LogP contribution < -0.4 is 16.4 Å². The van der Waals surface area contributed by atoms with Crippen molar-refractivity contribution < 1.29 is 19.5 Å². The molecule has 1 saturated carbocycles. The van der Waals surface area contributed by atoms with Gasteiger partial charge in [-0.25, -0.2) is 4.79 Å². The van der Waals surface area contributed by atoms with Crippen molar-refractivity contribution in [2.75, 3.05) is 12.0 Å². The third-order valence-electron chi connectivity index (χ3n) is 4.01. The van der Waals surface area contributed by atoms with E-state index in [1.165, 1.54) is 0 Å². The summed E-state index contributed by atoms with van der Waals surface area (Å²) in [6.45, 7) is 1.64. The minimum atomic E-state index is -0.952. The number of hydrogen-bond acceptors (Lipinski definition) is 4. The molecule has 120 valence electrons. The molecule has 0 saturated heterocycles. The van der Waals surface area contributed by atoms with Crippen LogP contribution in [0.15, 0.2) is 0 Å². The normalized spacial score (nSPS) is 26.1. The largest absolute Gasteiger partial charge is 0.481 e. The molecule has 0 bridgehead atoms. The molecule has 7 nitrogen and oxygen atoms in total. The van der Waals surface area contributed by atoms with Gasteiger partial charge in [0.15, 0.2) is 0 Å². The zero-order valence-corrected chi connectivity index (χ0v) is 13.2. The van der Waals surface area contributed by atoms with Crippen LogP contribution in [-0.2, 0) is 9.59 Å². The molecule has 3 amide bonds. The Bertz CT molecular complexity index is 418. The van der Waals surface area contributed by atoms with Gasteiger partial charge in [0, 0.05) is 6.04 Å². The summed E-state index contributed by atoms with van der Waals surface area (Å²) >= 11 is 1.56. The number of carboxylic acids is 1. The maximum Gasteiger partial charge on any atom is 0.312 e. The Hall–Kier alpha value is -1.44. The van der Waals surface area contributed by atoms with E-state index >= 15 is 0 Å². The van der Waals surface area contributed by atoms with Crippen molar-refractivity contribution in [1.29, 1.82) is 0 Å². The molecule has 0 aromatic carbocycles. The predicted molar refractivity (Wildman–Crippen MR) is 81.0 cm³/mol. The van der Waals surface area contributed by atoms with Gasteiger partial charge in [-0.3, -0.25) is 9.59 Å². The van der Waals surface area contributed by atoms with Crippen molar-refractivity contribution in [3.63, 3.8) is 0 Å². The number of aliphatic carboxylic acids is 1. The average molecular weight is 317 g/mol. The van der Waals surface area contributed by atoms with Crippen LogP contribution in [0.25, 0.3) is 0 Å². The standard InChI is InChI=1S/C13H23N3O4S/c1-13(11(18)19)6-3-4-9(13)16-10(17)8(5-7-21-2)15-12(14)20/h8-9H,3-7H2,1-2H3,(H,16,17)(H,18,19)(H3,14,15,20). The molecule has 0 aromatic rings. The molecule has 8 heteroatoms. The zero-order valence-electron chi connectivity index (χ0n) is 12.3. The van der Waals surface area contributed by atoms with Gasteiger partial charge in [0.25, 0.3) is 0 Å². The van der Waals surface area contributed by atoms with Crippen LogP contribution in [0.4, 0.5) is 4.79 Å². The van der Waals surface area contributed by atoms with Crippen LogP contribution in [0.5, 0.6) is 0 Å². The van der Waals surface area contributed by atoms with Crippen LogP contribution in [0.2, 0.25) is 0 Å². The van der Waals surface area contributed by atoms with Gasteiger partial charge in [-0.05, 0) is 38.2 Å². The molecule has 0 spiro atoms. The first-order valence-corrected chi connectivity index (χ1v) is 8.29. The second kappa shape index (κ2) is 7.53. The van der Waals surface area contributed by atoms with Crippen molar-refractivity contribution in [3.8, 4) is 0 Å². The average Bonchev–Trinajstić information content (AvgIpc) is 2.77.